The largest absolute Gasteiger partial charge is 0.494 e. The van der Waals surface area contributed by atoms with Gasteiger partial charge in [0.2, 0.25) is 0 Å². The highest BCUT2D eigenvalue weighted by molar-refractivity contribution is 5.81. The van der Waals surface area contributed by atoms with Crippen LogP contribution >= 0.6 is 0 Å². The van der Waals surface area contributed by atoms with Gasteiger partial charge in [0.15, 0.2) is 0 Å². The predicted octanol–water partition coefficient (Wildman–Crippen LogP) is 2.40. The lowest BCUT2D eigenvalue weighted by molar-refractivity contribution is -0.146. The van der Waals surface area contributed by atoms with Gasteiger partial charge in [-0.05, 0) is 38.5 Å². The molecule has 1 aromatic rings. The van der Waals surface area contributed by atoms with Crippen molar-refractivity contribution in [2.45, 2.75) is 45.3 Å². The zero-order chi connectivity index (χ0) is 19.7. The molecule has 0 bridgehead atoms. The second-order valence-electron chi connectivity index (χ2n) is 6.90. The monoisotopic (exact) mass is 367 g/mol. The number of carbonyl (C=O) groups excluding carboxylic acids is 2. The molecule has 1 amide bonds. The molecule has 1 N–H and O–H groups in total. The average molecular weight is 367 g/mol. The Kier molecular flexibility index (Phi) is 8.38. The minimum Gasteiger partial charge on any atom is -0.494 e. The number of hydrogen-bond acceptors (Lipinski definition) is 6. The van der Waals surface area contributed by atoms with Crippen molar-refractivity contribution in [3.63, 3.8) is 0 Å². The van der Waals surface area contributed by atoms with E-state index in [2.05, 4.69) is 0 Å². The van der Waals surface area contributed by atoms with Crippen molar-refractivity contribution >= 4 is 12.1 Å². The minimum absolute atomic E-state index is 0.0793. The maximum atomic E-state index is 12.3. The Morgan fingerprint density at radius 2 is 1.81 bits per heavy atom. The van der Waals surface area contributed by atoms with Crippen molar-refractivity contribution < 1.29 is 28.9 Å². The molecule has 0 aliphatic carbocycles. The molecule has 0 saturated heterocycles. The summed E-state index contributed by atoms with van der Waals surface area (Å²) in [6.45, 7) is 5.81. The number of carbonyl (C=O) groups is 2. The number of amides is 1. The Bertz CT molecular complexity index is 579. The molecule has 0 spiro atoms. The average Bonchev–Trinajstić information content (AvgIpc) is 2.58. The van der Waals surface area contributed by atoms with E-state index in [9.17, 15) is 9.59 Å². The number of likely N-dealkylation sites (N-methyl/N-ethyl adjacent to an activating group) is 1. The van der Waals surface area contributed by atoms with Crippen LogP contribution < -0.4 is 4.74 Å². The van der Waals surface area contributed by atoms with Gasteiger partial charge in [-0.3, -0.25) is 4.90 Å². The van der Waals surface area contributed by atoms with E-state index < -0.39 is 23.7 Å². The molecule has 7 heteroatoms. The highest BCUT2D eigenvalue weighted by Gasteiger charge is 2.31. The standard InChI is InChI=1S/C19H29NO6/c1-19(2,3)26-18(23)20(4)16(17(22)24-5)13-14-7-9-15(10-8-14)25-12-6-11-21/h7-10,16,21H,6,11-13H2,1-5H3/t16-/m0/s1. The van der Waals surface area contributed by atoms with Crippen molar-refractivity contribution in [3.05, 3.63) is 29.8 Å². The van der Waals surface area contributed by atoms with Gasteiger partial charge < -0.3 is 19.3 Å². The van der Waals surface area contributed by atoms with Gasteiger partial charge in [-0.25, -0.2) is 9.59 Å². The van der Waals surface area contributed by atoms with Gasteiger partial charge in [0.05, 0.1) is 13.7 Å². The number of esters is 1. The Hall–Kier alpha value is -2.28. The summed E-state index contributed by atoms with van der Waals surface area (Å²) < 4.78 is 15.6. The molecule has 146 valence electrons. The van der Waals surface area contributed by atoms with E-state index in [-0.39, 0.29) is 6.61 Å². The number of methoxy groups -OCH3 is 1. The number of nitrogens with zero attached hydrogens (tertiary/aromatic N) is 1. The topological polar surface area (TPSA) is 85.3 Å². The first kappa shape index (κ1) is 21.8. The van der Waals surface area contributed by atoms with E-state index in [4.69, 9.17) is 19.3 Å². The van der Waals surface area contributed by atoms with E-state index in [1.54, 1.807) is 32.9 Å². The molecule has 0 aromatic heterocycles. The van der Waals surface area contributed by atoms with Gasteiger partial charge in [-0.1, -0.05) is 12.1 Å². The second-order valence-corrected chi connectivity index (χ2v) is 6.90. The Morgan fingerprint density at radius 3 is 2.31 bits per heavy atom. The Balaban J connectivity index is 2.81. The summed E-state index contributed by atoms with van der Waals surface area (Å²) in [5.41, 5.74) is 0.199. The highest BCUT2D eigenvalue weighted by Crippen LogP contribution is 2.17. The third-order valence-electron chi connectivity index (χ3n) is 3.55. The molecular formula is C19H29NO6. The fourth-order valence-electron chi connectivity index (χ4n) is 2.18. The van der Waals surface area contributed by atoms with E-state index in [0.29, 0.717) is 25.2 Å². The van der Waals surface area contributed by atoms with Gasteiger partial charge in [0, 0.05) is 26.5 Å². The molecule has 26 heavy (non-hydrogen) atoms. The molecule has 0 radical (unpaired) electrons. The third-order valence-corrected chi connectivity index (χ3v) is 3.55. The number of ether oxygens (including phenoxy) is 3. The van der Waals surface area contributed by atoms with E-state index in [0.717, 1.165) is 5.56 Å². The molecule has 7 nitrogen and oxygen atoms in total. The maximum Gasteiger partial charge on any atom is 0.410 e. The highest BCUT2D eigenvalue weighted by atomic mass is 16.6. The molecule has 0 aliphatic rings. The van der Waals surface area contributed by atoms with Crippen LogP contribution in [0.25, 0.3) is 0 Å². The Morgan fingerprint density at radius 1 is 1.19 bits per heavy atom. The van der Waals surface area contributed by atoms with Gasteiger partial charge >= 0.3 is 12.1 Å². The van der Waals surface area contributed by atoms with Crippen LogP contribution in [0, 0.1) is 0 Å². The van der Waals surface area contributed by atoms with Gasteiger partial charge in [-0.2, -0.15) is 0 Å². The number of aliphatic hydroxyl groups excluding tert-OH is 1. The van der Waals surface area contributed by atoms with Crippen LogP contribution in [0.1, 0.15) is 32.8 Å². The molecule has 0 saturated carbocycles. The van der Waals surface area contributed by atoms with Crippen LogP contribution in [0.2, 0.25) is 0 Å². The quantitative estimate of drug-likeness (QED) is 0.561. The van der Waals surface area contributed by atoms with Crippen molar-refractivity contribution in [2.24, 2.45) is 0 Å². The maximum absolute atomic E-state index is 12.3. The molecular weight excluding hydrogens is 338 g/mol. The SMILES string of the molecule is COC(=O)[C@H](Cc1ccc(OCCCO)cc1)N(C)C(=O)OC(C)(C)C. The lowest BCUT2D eigenvalue weighted by Crippen LogP contribution is -2.46. The van der Waals surface area contributed by atoms with Crippen LogP contribution in [0.4, 0.5) is 4.79 Å². The number of hydrogen-bond donors (Lipinski definition) is 1. The summed E-state index contributed by atoms with van der Waals surface area (Å²) in [6.07, 6.45) is 0.267. The lowest BCUT2D eigenvalue weighted by atomic mass is 10.0. The molecule has 1 rings (SSSR count). The lowest BCUT2D eigenvalue weighted by Gasteiger charge is -2.29. The second kappa shape index (κ2) is 10.0. The van der Waals surface area contributed by atoms with Crippen LogP contribution in [-0.2, 0) is 20.7 Å². The van der Waals surface area contributed by atoms with Gasteiger partial charge in [0.25, 0.3) is 0 Å². The van der Waals surface area contributed by atoms with Crippen molar-refractivity contribution in [1.29, 1.82) is 0 Å². The van der Waals surface area contributed by atoms with Gasteiger partial charge in [0.1, 0.15) is 17.4 Å². The minimum atomic E-state index is -0.795. The molecule has 0 unspecified atom stereocenters. The first-order valence-electron chi connectivity index (χ1n) is 8.54. The summed E-state index contributed by atoms with van der Waals surface area (Å²) in [5, 5.41) is 8.76. The molecule has 0 fully saturated rings. The van der Waals surface area contributed by atoms with E-state index >= 15 is 0 Å². The summed E-state index contributed by atoms with van der Waals surface area (Å²) in [4.78, 5) is 25.7. The normalized spacial score (nSPS) is 12.2. The molecule has 0 aliphatic heterocycles. The van der Waals surface area contributed by atoms with Crippen molar-refractivity contribution in [1.82, 2.24) is 4.90 Å². The molecule has 1 atom stereocenters. The van der Waals surface area contributed by atoms with E-state index in [1.165, 1.54) is 19.1 Å². The first-order chi connectivity index (χ1) is 12.2. The number of benzene rings is 1. The molecule has 0 heterocycles. The number of rotatable bonds is 8. The van der Waals surface area contributed by atoms with E-state index in [1.807, 2.05) is 12.1 Å². The fourth-order valence-corrected chi connectivity index (χ4v) is 2.18. The zero-order valence-corrected chi connectivity index (χ0v) is 16.2. The summed E-state index contributed by atoms with van der Waals surface area (Å²) in [6, 6.07) is 6.43. The number of aliphatic hydroxyl groups is 1. The molecule has 1 aromatic carbocycles. The predicted molar refractivity (Wildman–Crippen MR) is 97.1 cm³/mol. The Labute approximate surface area is 154 Å². The fraction of sp³-hybridized carbons (Fsp3) is 0.579. The van der Waals surface area contributed by atoms with Crippen molar-refractivity contribution in [3.8, 4) is 5.75 Å². The summed E-state index contributed by atoms with van der Waals surface area (Å²) >= 11 is 0. The van der Waals surface area contributed by atoms with Crippen LogP contribution in [0.3, 0.4) is 0 Å². The third kappa shape index (κ3) is 7.31. The van der Waals surface area contributed by atoms with Crippen molar-refractivity contribution in [2.75, 3.05) is 27.4 Å². The smallest absolute Gasteiger partial charge is 0.410 e. The van der Waals surface area contributed by atoms with Crippen LogP contribution in [-0.4, -0.2) is 61.1 Å². The van der Waals surface area contributed by atoms with Crippen LogP contribution in [0.5, 0.6) is 5.75 Å². The van der Waals surface area contributed by atoms with Crippen LogP contribution in [0.15, 0.2) is 24.3 Å². The first-order valence-corrected chi connectivity index (χ1v) is 8.54. The summed E-state index contributed by atoms with van der Waals surface area (Å²) in [5.74, 6) is 0.166. The summed E-state index contributed by atoms with van der Waals surface area (Å²) in [7, 11) is 2.80. The zero-order valence-electron chi connectivity index (χ0n) is 16.2. The van der Waals surface area contributed by atoms with Gasteiger partial charge in [-0.15, -0.1) is 0 Å².